The van der Waals surface area contributed by atoms with Crippen molar-refractivity contribution in [2.24, 2.45) is 0 Å². The van der Waals surface area contributed by atoms with Crippen molar-refractivity contribution in [3.63, 3.8) is 0 Å². The van der Waals surface area contributed by atoms with Gasteiger partial charge in [0, 0.05) is 29.5 Å². The van der Waals surface area contributed by atoms with E-state index in [9.17, 15) is 0 Å². The Balaban J connectivity index is 0.00000684. The molecule has 210 valence electrons. The lowest BCUT2D eigenvalue weighted by atomic mass is 9.74. The van der Waals surface area contributed by atoms with E-state index in [4.69, 9.17) is 0 Å². The summed E-state index contributed by atoms with van der Waals surface area (Å²) in [6.07, 6.45) is 0. The lowest BCUT2D eigenvalue weighted by molar-refractivity contribution is -0.508. The SMILES string of the molecule is CCN(CC)c1c(C)p[n+](-c2c(C(C)(C)C)cc(C(C)(C)C)cc2C(C)(C)C)c(N(CC)CC)c1C.[Br-]. The Kier molecular flexibility index (Phi) is 11.3. The van der Waals surface area contributed by atoms with Crippen molar-refractivity contribution in [1.29, 1.82) is 0 Å². The maximum atomic E-state index is 2.65. The zero-order chi connectivity index (χ0) is 27.8. The van der Waals surface area contributed by atoms with Crippen LogP contribution >= 0.6 is 8.35 Å². The molecule has 0 atom stereocenters. The van der Waals surface area contributed by atoms with Gasteiger partial charge in [0.2, 0.25) is 0 Å². The number of nitrogens with zero attached hydrogens (tertiary/aromatic N) is 3. The molecular weight excluding hydrogens is 537 g/mol. The second-order valence-corrected chi connectivity index (χ2v) is 14.6. The number of hydrogen-bond donors (Lipinski definition) is 0. The Morgan fingerprint density at radius 3 is 1.41 bits per heavy atom. The van der Waals surface area contributed by atoms with Crippen LogP contribution in [0.4, 0.5) is 11.5 Å². The highest BCUT2D eigenvalue weighted by atomic mass is 79.9. The van der Waals surface area contributed by atoms with Crippen LogP contribution in [-0.2, 0) is 16.2 Å². The Morgan fingerprint density at radius 2 is 1.08 bits per heavy atom. The molecule has 0 bridgehead atoms. The fourth-order valence-electron chi connectivity index (χ4n) is 5.28. The summed E-state index contributed by atoms with van der Waals surface area (Å²) in [5.41, 5.74) is 8.69. The van der Waals surface area contributed by atoms with Gasteiger partial charge in [-0.15, -0.1) is 0 Å². The van der Waals surface area contributed by atoms with Crippen LogP contribution in [0.5, 0.6) is 0 Å². The summed E-state index contributed by atoms with van der Waals surface area (Å²) >= 11 is 0. The van der Waals surface area contributed by atoms with Crippen LogP contribution in [0.1, 0.15) is 118 Å². The van der Waals surface area contributed by atoms with Gasteiger partial charge in [0.15, 0.2) is 0 Å². The smallest absolute Gasteiger partial charge is 0.289 e. The van der Waals surface area contributed by atoms with E-state index in [1.165, 1.54) is 53.1 Å². The normalized spacial score (nSPS) is 12.6. The number of halogens is 1. The molecule has 0 unspecified atom stereocenters. The zero-order valence-electron chi connectivity index (χ0n) is 26.6. The summed E-state index contributed by atoms with van der Waals surface area (Å²) in [4.78, 5) is 5.10. The van der Waals surface area contributed by atoms with Gasteiger partial charge in [-0.2, -0.15) is 4.33 Å². The van der Waals surface area contributed by atoms with Gasteiger partial charge >= 0.3 is 0 Å². The minimum absolute atomic E-state index is 0. The number of aryl methyl sites for hydroxylation is 1. The molecule has 1 aromatic carbocycles. The average Bonchev–Trinajstić information content (AvgIpc) is 2.75. The molecule has 0 saturated carbocycles. The van der Waals surface area contributed by atoms with Crippen molar-refractivity contribution in [2.45, 2.75) is 120 Å². The first-order chi connectivity index (χ1) is 16.4. The highest BCUT2D eigenvalue weighted by Crippen LogP contribution is 2.42. The molecule has 5 heteroatoms. The molecule has 2 aromatic rings. The fourth-order valence-corrected chi connectivity index (χ4v) is 6.67. The molecule has 2 rings (SSSR count). The maximum Gasteiger partial charge on any atom is 0.289 e. The van der Waals surface area contributed by atoms with Crippen LogP contribution < -0.4 is 31.1 Å². The minimum Gasteiger partial charge on any atom is -1.00 e. The van der Waals surface area contributed by atoms with E-state index in [0.717, 1.165) is 26.2 Å². The van der Waals surface area contributed by atoms with Crippen molar-refractivity contribution < 1.29 is 21.3 Å². The first-order valence-electron chi connectivity index (χ1n) is 14.1. The number of hydrogen-bond acceptors (Lipinski definition) is 2. The van der Waals surface area contributed by atoms with Gasteiger partial charge in [0.05, 0.1) is 24.3 Å². The molecule has 37 heavy (non-hydrogen) atoms. The van der Waals surface area contributed by atoms with Crippen molar-refractivity contribution >= 4 is 19.9 Å². The van der Waals surface area contributed by atoms with E-state index < -0.39 is 0 Å². The van der Waals surface area contributed by atoms with Crippen molar-refractivity contribution in [1.82, 2.24) is 0 Å². The van der Waals surface area contributed by atoms with Gasteiger partial charge in [-0.3, -0.25) is 4.90 Å². The molecular formula is C32H55BrN3P. The third kappa shape index (κ3) is 7.10. The Hall–Kier alpha value is -1.12. The quantitative estimate of drug-likeness (QED) is 0.406. The third-order valence-corrected chi connectivity index (χ3v) is 8.53. The third-order valence-electron chi connectivity index (χ3n) is 7.43. The topological polar surface area (TPSA) is 10.4 Å². The number of anilines is 2. The molecule has 0 fully saturated rings. The van der Waals surface area contributed by atoms with E-state index in [1.54, 1.807) is 0 Å². The highest BCUT2D eigenvalue weighted by Gasteiger charge is 2.36. The van der Waals surface area contributed by atoms with E-state index in [2.05, 4.69) is 130 Å². The fraction of sp³-hybridized carbons (Fsp3) is 0.688. The van der Waals surface area contributed by atoms with Crippen LogP contribution in [-0.4, -0.2) is 26.2 Å². The van der Waals surface area contributed by atoms with Crippen molar-refractivity contribution in [3.8, 4) is 5.69 Å². The summed E-state index contributed by atoms with van der Waals surface area (Å²) in [5, 5.41) is 1.44. The molecule has 0 N–H and O–H groups in total. The maximum absolute atomic E-state index is 2.65. The first kappa shape index (κ1) is 33.9. The summed E-state index contributed by atoms with van der Waals surface area (Å²) < 4.78 is 2.65. The lowest BCUT2D eigenvalue weighted by Crippen LogP contribution is -3.00. The van der Waals surface area contributed by atoms with Gasteiger partial charge in [-0.25, -0.2) is 0 Å². The molecule has 1 heterocycles. The summed E-state index contributed by atoms with van der Waals surface area (Å²) in [6.45, 7) is 39.2. The van der Waals surface area contributed by atoms with Gasteiger partial charge in [-0.1, -0.05) is 74.4 Å². The van der Waals surface area contributed by atoms with Crippen molar-refractivity contribution in [3.05, 3.63) is 39.7 Å². The molecule has 0 spiro atoms. The molecule has 3 nitrogen and oxygen atoms in total. The average molecular weight is 593 g/mol. The highest BCUT2D eigenvalue weighted by molar-refractivity contribution is 7.23. The summed E-state index contributed by atoms with van der Waals surface area (Å²) in [6, 6.07) is 5.02. The standard InChI is InChI=1S/C32H55N3P.BrH/c1-16-33(17-2)27-22(5)29(34(18-3)19-4)35(36-23(27)6)28-25(31(10,11)12)20-24(30(7,8)9)21-26(28)32(13,14)15;/h20-21H,16-19H2,1-15H3;1H/q+1;/p-1. The van der Waals surface area contributed by atoms with Crippen molar-refractivity contribution in [2.75, 3.05) is 36.0 Å². The molecule has 0 aliphatic rings. The Morgan fingerprint density at radius 1 is 0.676 bits per heavy atom. The Labute approximate surface area is 242 Å². The minimum atomic E-state index is 0. The van der Waals surface area contributed by atoms with E-state index in [-0.39, 0.29) is 33.2 Å². The second-order valence-electron chi connectivity index (χ2n) is 13.3. The molecule has 0 radical (unpaired) electrons. The number of aromatic nitrogens is 1. The van der Waals surface area contributed by atoms with Crippen LogP contribution in [0, 0.1) is 13.8 Å². The predicted molar refractivity (Wildman–Crippen MR) is 163 cm³/mol. The molecule has 0 aliphatic heterocycles. The van der Waals surface area contributed by atoms with Crippen LogP contribution in [0.2, 0.25) is 0 Å². The largest absolute Gasteiger partial charge is 1.00 e. The van der Waals surface area contributed by atoms with Gasteiger partial charge in [0.1, 0.15) is 14.0 Å². The zero-order valence-corrected chi connectivity index (χ0v) is 29.1. The summed E-state index contributed by atoms with van der Waals surface area (Å²) in [7, 11) is 1.26. The molecule has 0 amide bonds. The van der Waals surface area contributed by atoms with Crippen LogP contribution in [0.3, 0.4) is 0 Å². The monoisotopic (exact) mass is 591 g/mol. The lowest BCUT2D eigenvalue weighted by Gasteiger charge is -2.34. The first-order valence-corrected chi connectivity index (χ1v) is 14.9. The van der Waals surface area contributed by atoms with E-state index >= 15 is 0 Å². The van der Waals surface area contributed by atoms with Crippen LogP contribution in [0.25, 0.3) is 5.69 Å². The second kappa shape index (κ2) is 12.4. The Bertz CT molecular complexity index is 1030. The number of rotatable bonds is 7. The van der Waals surface area contributed by atoms with E-state index in [0.29, 0.717) is 0 Å². The number of benzene rings is 1. The van der Waals surface area contributed by atoms with E-state index in [1.807, 2.05) is 0 Å². The van der Waals surface area contributed by atoms with Crippen LogP contribution in [0.15, 0.2) is 12.1 Å². The summed E-state index contributed by atoms with van der Waals surface area (Å²) in [5.74, 6) is 1.37. The van der Waals surface area contributed by atoms with Gasteiger partial charge in [-0.05, 0) is 63.4 Å². The molecule has 1 aromatic heterocycles. The molecule has 0 aliphatic carbocycles. The molecule has 0 saturated heterocycles. The van der Waals surface area contributed by atoms with Gasteiger partial charge < -0.3 is 21.9 Å². The predicted octanol–water partition coefficient (Wildman–Crippen LogP) is 5.75. The van der Waals surface area contributed by atoms with Gasteiger partial charge in [0.25, 0.3) is 5.82 Å².